The first-order chi connectivity index (χ1) is 11.1. The molecule has 1 aromatic carbocycles. The summed E-state index contributed by atoms with van der Waals surface area (Å²) in [4.78, 5) is 14.6. The zero-order valence-electron chi connectivity index (χ0n) is 13.9. The molecule has 1 aromatic heterocycles. The summed E-state index contributed by atoms with van der Waals surface area (Å²) in [7, 11) is 0. The van der Waals surface area contributed by atoms with E-state index in [9.17, 15) is 4.79 Å². The Morgan fingerprint density at radius 1 is 1.35 bits per heavy atom. The molecule has 0 bridgehead atoms. The highest BCUT2D eigenvalue weighted by Crippen LogP contribution is 2.36. The third-order valence-electron chi connectivity index (χ3n) is 4.45. The van der Waals surface area contributed by atoms with Crippen molar-refractivity contribution in [1.29, 1.82) is 0 Å². The first-order valence-electron chi connectivity index (χ1n) is 8.19. The fourth-order valence-corrected chi connectivity index (χ4v) is 3.25. The number of likely N-dealkylation sites (tertiary alicyclic amines) is 1. The molecule has 0 saturated carbocycles. The average molecular weight is 313 g/mol. The Morgan fingerprint density at radius 3 is 2.78 bits per heavy atom. The molecule has 2 heterocycles. The van der Waals surface area contributed by atoms with Crippen molar-refractivity contribution in [1.82, 2.24) is 10.1 Å². The van der Waals surface area contributed by atoms with E-state index in [4.69, 9.17) is 4.52 Å². The first kappa shape index (κ1) is 15.6. The standard InChI is InChI=1S/C18H23N3O2/c1-4-16-17(13(3)20-23-16)15-6-5-11-21(15)18(22)19-14-9-7-12(2)8-10-14/h7-10,15H,4-6,11H2,1-3H3,(H,19,22). The van der Waals surface area contributed by atoms with Gasteiger partial charge in [0.15, 0.2) is 0 Å². The molecule has 5 heteroatoms. The van der Waals surface area contributed by atoms with Crippen LogP contribution in [0.1, 0.15) is 48.4 Å². The second-order valence-electron chi connectivity index (χ2n) is 6.11. The van der Waals surface area contributed by atoms with Gasteiger partial charge in [-0.05, 0) is 38.8 Å². The number of aromatic nitrogens is 1. The largest absolute Gasteiger partial charge is 0.361 e. The van der Waals surface area contributed by atoms with E-state index in [2.05, 4.69) is 17.4 Å². The number of nitrogens with one attached hydrogen (secondary N) is 1. The second-order valence-corrected chi connectivity index (χ2v) is 6.11. The van der Waals surface area contributed by atoms with Gasteiger partial charge in [-0.3, -0.25) is 0 Å². The van der Waals surface area contributed by atoms with Crippen LogP contribution >= 0.6 is 0 Å². The monoisotopic (exact) mass is 313 g/mol. The topological polar surface area (TPSA) is 58.4 Å². The van der Waals surface area contributed by atoms with Crippen molar-refractivity contribution in [2.75, 3.05) is 11.9 Å². The fourth-order valence-electron chi connectivity index (χ4n) is 3.25. The van der Waals surface area contributed by atoms with Crippen LogP contribution in [0.2, 0.25) is 0 Å². The number of benzene rings is 1. The van der Waals surface area contributed by atoms with Crippen molar-refractivity contribution < 1.29 is 9.32 Å². The summed E-state index contributed by atoms with van der Waals surface area (Å²) in [6, 6.07) is 7.86. The van der Waals surface area contributed by atoms with Gasteiger partial charge in [-0.1, -0.05) is 29.8 Å². The number of hydrogen-bond donors (Lipinski definition) is 1. The molecule has 0 spiro atoms. The smallest absolute Gasteiger partial charge is 0.322 e. The van der Waals surface area contributed by atoms with E-state index < -0.39 is 0 Å². The van der Waals surface area contributed by atoms with Crippen molar-refractivity contribution in [2.24, 2.45) is 0 Å². The highest BCUT2D eigenvalue weighted by Gasteiger charge is 2.34. The van der Waals surface area contributed by atoms with Crippen molar-refractivity contribution >= 4 is 11.7 Å². The maximum absolute atomic E-state index is 12.7. The third kappa shape index (κ3) is 3.09. The highest BCUT2D eigenvalue weighted by atomic mass is 16.5. The summed E-state index contributed by atoms with van der Waals surface area (Å²) < 4.78 is 5.41. The molecule has 1 aliphatic heterocycles. The van der Waals surface area contributed by atoms with Crippen LogP contribution in [0.3, 0.4) is 0 Å². The molecule has 1 atom stereocenters. The van der Waals surface area contributed by atoms with Crippen LogP contribution in [-0.4, -0.2) is 22.6 Å². The number of carbonyl (C=O) groups excluding carboxylic acids is 1. The van der Waals surface area contributed by atoms with E-state index >= 15 is 0 Å². The fraction of sp³-hybridized carbons (Fsp3) is 0.444. The van der Waals surface area contributed by atoms with E-state index in [1.165, 1.54) is 5.56 Å². The van der Waals surface area contributed by atoms with Gasteiger partial charge in [0.05, 0.1) is 11.7 Å². The molecule has 0 radical (unpaired) electrons. The van der Waals surface area contributed by atoms with Gasteiger partial charge in [0.25, 0.3) is 0 Å². The van der Waals surface area contributed by atoms with Gasteiger partial charge in [-0.2, -0.15) is 0 Å². The van der Waals surface area contributed by atoms with Crippen molar-refractivity contribution in [3.05, 3.63) is 46.8 Å². The van der Waals surface area contributed by atoms with Gasteiger partial charge in [0, 0.05) is 24.2 Å². The van der Waals surface area contributed by atoms with Crippen LogP contribution in [-0.2, 0) is 6.42 Å². The summed E-state index contributed by atoms with van der Waals surface area (Å²) >= 11 is 0. The highest BCUT2D eigenvalue weighted by molar-refractivity contribution is 5.89. The Hall–Kier alpha value is -2.30. The van der Waals surface area contributed by atoms with Gasteiger partial charge in [-0.25, -0.2) is 4.79 Å². The molecular weight excluding hydrogens is 290 g/mol. The number of aryl methyl sites for hydroxylation is 3. The molecule has 23 heavy (non-hydrogen) atoms. The van der Waals surface area contributed by atoms with Crippen LogP contribution in [0, 0.1) is 13.8 Å². The Bertz CT molecular complexity index is 691. The third-order valence-corrected chi connectivity index (χ3v) is 4.45. The van der Waals surface area contributed by atoms with Gasteiger partial charge in [0.2, 0.25) is 0 Å². The maximum Gasteiger partial charge on any atom is 0.322 e. The predicted molar refractivity (Wildman–Crippen MR) is 89.5 cm³/mol. The maximum atomic E-state index is 12.7. The molecule has 1 saturated heterocycles. The number of carbonyl (C=O) groups is 1. The van der Waals surface area contributed by atoms with Crippen molar-refractivity contribution in [3.63, 3.8) is 0 Å². The molecule has 5 nitrogen and oxygen atoms in total. The number of anilines is 1. The first-order valence-corrected chi connectivity index (χ1v) is 8.19. The average Bonchev–Trinajstić information content (AvgIpc) is 3.15. The Balaban J connectivity index is 1.79. The van der Waals surface area contributed by atoms with E-state index in [1.807, 2.05) is 43.0 Å². The summed E-state index contributed by atoms with van der Waals surface area (Å²) in [5.74, 6) is 0.891. The second kappa shape index (κ2) is 6.44. The Morgan fingerprint density at radius 2 is 2.09 bits per heavy atom. The molecule has 1 N–H and O–H groups in total. The van der Waals surface area contributed by atoms with Gasteiger partial charge in [-0.15, -0.1) is 0 Å². The SMILES string of the molecule is CCc1onc(C)c1C1CCCN1C(=O)Nc1ccc(C)cc1. The van der Waals surface area contributed by atoms with Gasteiger partial charge < -0.3 is 14.7 Å². The summed E-state index contributed by atoms with van der Waals surface area (Å²) in [6.07, 6.45) is 2.75. The quantitative estimate of drug-likeness (QED) is 0.923. The minimum absolute atomic E-state index is 0.0565. The van der Waals surface area contributed by atoms with Crippen LogP contribution in [0.25, 0.3) is 0 Å². The normalized spacial score (nSPS) is 17.5. The minimum atomic E-state index is -0.0565. The Labute approximate surface area is 136 Å². The summed E-state index contributed by atoms with van der Waals surface area (Å²) in [5, 5.41) is 7.08. The van der Waals surface area contributed by atoms with E-state index in [0.29, 0.717) is 0 Å². The van der Waals surface area contributed by atoms with E-state index in [1.54, 1.807) is 0 Å². The van der Waals surface area contributed by atoms with E-state index in [-0.39, 0.29) is 12.1 Å². The van der Waals surface area contributed by atoms with Gasteiger partial charge in [0.1, 0.15) is 5.76 Å². The van der Waals surface area contributed by atoms with Crippen molar-refractivity contribution in [3.8, 4) is 0 Å². The lowest BCUT2D eigenvalue weighted by Crippen LogP contribution is -2.34. The molecule has 3 rings (SSSR count). The number of hydrogen-bond acceptors (Lipinski definition) is 3. The van der Waals surface area contributed by atoms with Crippen LogP contribution < -0.4 is 5.32 Å². The molecule has 2 aromatic rings. The summed E-state index contributed by atoms with van der Waals surface area (Å²) in [6.45, 7) is 6.79. The molecule has 1 aliphatic rings. The molecule has 1 unspecified atom stereocenters. The van der Waals surface area contributed by atoms with Crippen LogP contribution in [0.15, 0.2) is 28.8 Å². The van der Waals surface area contributed by atoms with Crippen LogP contribution in [0.4, 0.5) is 10.5 Å². The lowest BCUT2D eigenvalue weighted by molar-refractivity contribution is 0.206. The zero-order chi connectivity index (χ0) is 16.4. The molecule has 2 amide bonds. The van der Waals surface area contributed by atoms with Crippen LogP contribution in [0.5, 0.6) is 0 Å². The lowest BCUT2D eigenvalue weighted by atomic mass is 10.0. The molecule has 1 fully saturated rings. The number of amides is 2. The van der Waals surface area contributed by atoms with Gasteiger partial charge >= 0.3 is 6.03 Å². The number of nitrogens with zero attached hydrogens (tertiary/aromatic N) is 2. The molecule has 122 valence electrons. The lowest BCUT2D eigenvalue weighted by Gasteiger charge is -2.25. The molecular formula is C18H23N3O2. The van der Waals surface area contributed by atoms with Crippen molar-refractivity contribution in [2.45, 2.75) is 46.1 Å². The number of urea groups is 1. The Kier molecular flexibility index (Phi) is 4.37. The minimum Gasteiger partial charge on any atom is -0.361 e. The number of rotatable bonds is 3. The zero-order valence-corrected chi connectivity index (χ0v) is 13.9. The molecule has 0 aliphatic carbocycles. The predicted octanol–water partition coefficient (Wildman–Crippen LogP) is 4.22. The van der Waals surface area contributed by atoms with E-state index in [0.717, 1.165) is 48.5 Å². The summed E-state index contributed by atoms with van der Waals surface area (Å²) in [5.41, 5.74) is 3.98.